The molecule has 0 heteroatoms. The van der Waals surface area contributed by atoms with Gasteiger partial charge in [-0.1, -0.05) is 66.7 Å². The summed E-state index contributed by atoms with van der Waals surface area (Å²) in [5.74, 6) is 0. The molecule has 0 amide bonds. The molecule has 0 N–H and O–H groups in total. The molecule has 0 nitrogen and oxygen atoms in total. The van der Waals surface area contributed by atoms with Crippen molar-refractivity contribution >= 4 is 0 Å². The lowest BCUT2D eigenvalue weighted by molar-refractivity contribution is 1.19. The SMILES string of the molecule is C=CC.c1ccc(Cc2ccccc2)cc1. The molecule has 2 rings (SSSR count). The minimum atomic E-state index is 1.03. The first-order chi connectivity index (χ1) is 7.86. The van der Waals surface area contributed by atoms with E-state index in [4.69, 9.17) is 0 Å². The second-order valence-electron chi connectivity index (χ2n) is 3.56. The maximum Gasteiger partial charge on any atom is -0.00258 e. The summed E-state index contributed by atoms with van der Waals surface area (Å²) in [4.78, 5) is 0. The molecular weight excluding hydrogens is 192 g/mol. The minimum Gasteiger partial charge on any atom is -0.103 e. The number of allylic oxidation sites excluding steroid dienone is 1. The number of benzene rings is 2. The van der Waals surface area contributed by atoms with Crippen molar-refractivity contribution in [1.29, 1.82) is 0 Å². The van der Waals surface area contributed by atoms with Crippen LogP contribution in [-0.2, 0) is 6.42 Å². The molecule has 0 aromatic heterocycles. The van der Waals surface area contributed by atoms with Gasteiger partial charge >= 0.3 is 0 Å². The predicted octanol–water partition coefficient (Wildman–Crippen LogP) is 4.47. The van der Waals surface area contributed by atoms with Crippen LogP contribution in [0.2, 0.25) is 0 Å². The van der Waals surface area contributed by atoms with E-state index < -0.39 is 0 Å². The van der Waals surface area contributed by atoms with Gasteiger partial charge in [-0.05, 0) is 24.5 Å². The van der Waals surface area contributed by atoms with Gasteiger partial charge in [-0.25, -0.2) is 0 Å². The van der Waals surface area contributed by atoms with Gasteiger partial charge in [0.05, 0.1) is 0 Å². The second-order valence-corrected chi connectivity index (χ2v) is 3.56. The molecule has 0 bridgehead atoms. The summed E-state index contributed by atoms with van der Waals surface area (Å²) in [5.41, 5.74) is 2.74. The lowest BCUT2D eigenvalue weighted by Gasteiger charge is -2.00. The Bertz CT molecular complexity index is 349. The molecular formula is C16H18. The Morgan fingerprint density at radius 1 is 0.812 bits per heavy atom. The van der Waals surface area contributed by atoms with Gasteiger partial charge in [0.2, 0.25) is 0 Å². The molecule has 0 aliphatic carbocycles. The third kappa shape index (κ3) is 4.61. The smallest absolute Gasteiger partial charge is 0.00258 e. The summed E-state index contributed by atoms with van der Waals surface area (Å²) in [6.45, 7) is 5.25. The van der Waals surface area contributed by atoms with E-state index in [9.17, 15) is 0 Å². The van der Waals surface area contributed by atoms with Gasteiger partial charge in [-0.2, -0.15) is 0 Å². The van der Waals surface area contributed by atoms with E-state index in [1.54, 1.807) is 6.08 Å². The Kier molecular flexibility index (Phi) is 5.72. The standard InChI is InChI=1S/C13H12.C3H6/c1-3-7-12(8-4-1)11-13-9-5-2-6-10-13;1-3-2/h1-10H,11H2;3H,1H2,2H3. The first-order valence-electron chi connectivity index (χ1n) is 5.51. The fraction of sp³-hybridized carbons (Fsp3) is 0.125. The maximum absolute atomic E-state index is 3.36. The number of hydrogen-bond acceptors (Lipinski definition) is 0. The quantitative estimate of drug-likeness (QED) is 0.641. The average Bonchev–Trinajstić information content (AvgIpc) is 2.33. The molecule has 0 aliphatic rings. The Morgan fingerprint density at radius 2 is 1.12 bits per heavy atom. The van der Waals surface area contributed by atoms with Crippen LogP contribution in [0.15, 0.2) is 73.3 Å². The third-order valence-corrected chi connectivity index (χ3v) is 2.09. The fourth-order valence-electron chi connectivity index (χ4n) is 1.43. The van der Waals surface area contributed by atoms with E-state index in [0.717, 1.165) is 6.42 Å². The molecule has 0 fully saturated rings. The van der Waals surface area contributed by atoms with Crippen LogP contribution in [0.5, 0.6) is 0 Å². The van der Waals surface area contributed by atoms with Crippen LogP contribution in [0.1, 0.15) is 18.1 Å². The van der Waals surface area contributed by atoms with Crippen molar-refractivity contribution in [3.05, 3.63) is 84.4 Å². The van der Waals surface area contributed by atoms with Crippen molar-refractivity contribution in [3.63, 3.8) is 0 Å². The highest BCUT2D eigenvalue weighted by Gasteiger charge is 1.92. The molecule has 0 unspecified atom stereocenters. The first kappa shape index (κ1) is 12.3. The van der Waals surface area contributed by atoms with Crippen molar-refractivity contribution in [2.75, 3.05) is 0 Å². The maximum atomic E-state index is 3.36. The molecule has 0 atom stereocenters. The van der Waals surface area contributed by atoms with Gasteiger partial charge in [0.1, 0.15) is 0 Å². The zero-order valence-corrected chi connectivity index (χ0v) is 9.77. The van der Waals surface area contributed by atoms with Gasteiger partial charge in [-0.3, -0.25) is 0 Å². The molecule has 0 saturated carbocycles. The van der Waals surface area contributed by atoms with Gasteiger partial charge in [0.25, 0.3) is 0 Å². The molecule has 0 radical (unpaired) electrons. The first-order valence-corrected chi connectivity index (χ1v) is 5.51. The van der Waals surface area contributed by atoms with Gasteiger partial charge in [0.15, 0.2) is 0 Å². The van der Waals surface area contributed by atoms with Crippen molar-refractivity contribution in [2.45, 2.75) is 13.3 Å². The summed E-state index contributed by atoms with van der Waals surface area (Å²) >= 11 is 0. The van der Waals surface area contributed by atoms with Crippen LogP contribution in [0, 0.1) is 0 Å². The van der Waals surface area contributed by atoms with E-state index >= 15 is 0 Å². The normalized spacial score (nSPS) is 8.81. The third-order valence-electron chi connectivity index (χ3n) is 2.09. The summed E-state index contributed by atoms with van der Waals surface area (Å²) in [7, 11) is 0. The lowest BCUT2D eigenvalue weighted by Crippen LogP contribution is -1.85. The Morgan fingerprint density at radius 3 is 1.44 bits per heavy atom. The molecule has 2 aromatic rings. The average molecular weight is 210 g/mol. The Hall–Kier alpha value is -1.82. The van der Waals surface area contributed by atoms with E-state index in [2.05, 4.69) is 67.2 Å². The Balaban J connectivity index is 0.000000386. The Labute approximate surface area is 98.3 Å². The highest BCUT2D eigenvalue weighted by atomic mass is 14.0. The van der Waals surface area contributed by atoms with Crippen molar-refractivity contribution in [1.82, 2.24) is 0 Å². The van der Waals surface area contributed by atoms with Crippen LogP contribution < -0.4 is 0 Å². The van der Waals surface area contributed by atoms with E-state index in [-0.39, 0.29) is 0 Å². The molecule has 0 heterocycles. The molecule has 0 spiro atoms. The van der Waals surface area contributed by atoms with Gasteiger partial charge in [-0.15, -0.1) is 6.58 Å². The minimum absolute atomic E-state index is 1.03. The highest BCUT2D eigenvalue weighted by molar-refractivity contribution is 5.25. The second kappa shape index (κ2) is 7.47. The van der Waals surface area contributed by atoms with Crippen LogP contribution in [0.3, 0.4) is 0 Å². The molecule has 0 saturated heterocycles. The summed E-state index contributed by atoms with van der Waals surface area (Å²) in [6, 6.07) is 21.1. The number of hydrogen-bond donors (Lipinski definition) is 0. The topological polar surface area (TPSA) is 0 Å². The molecule has 16 heavy (non-hydrogen) atoms. The van der Waals surface area contributed by atoms with E-state index in [1.807, 2.05) is 6.92 Å². The monoisotopic (exact) mass is 210 g/mol. The molecule has 2 aromatic carbocycles. The van der Waals surface area contributed by atoms with Crippen LogP contribution in [0.25, 0.3) is 0 Å². The molecule has 0 aliphatic heterocycles. The van der Waals surface area contributed by atoms with Crippen molar-refractivity contribution in [3.8, 4) is 0 Å². The highest BCUT2D eigenvalue weighted by Crippen LogP contribution is 2.07. The zero-order valence-electron chi connectivity index (χ0n) is 9.77. The number of rotatable bonds is 2. The van der Waals surface area contributed by atoms with Crippen LogP contribution >= 0.6 is 0 Å². The van der Waals surface area contributed by atoms with Crippen LogP contribution in [0.4, 0.5) is 0 Å². The van der Waals surface area contributed by atoms with Gasteiger partial charge < -0.3 is 0 Å². The lowest BCUT2D eigenvalue weighted by atomic mass is 10.1. The van der Waals surface area contributed by atoms with Crippen LogP contribution in [-0.4, -0.2) is 0 Å². The molecule has 82 valence electrons. The van der Waals surface area contributed by atoms with E-state index in [0.29, 0.717) is 0 Å². The summed E-state index contributed by atoms with van der Waals surface area (Å²) in [6.07, 6.45) is 2.78. The zero-order chi connectivity index (χ0) is 11.6. The van der Waals surface area contributed by atoms with E-state index in [1.165, 1.54) is 11.1 Å². The fourth-order valence-corrected chi connectivity index (χ4v) is 1.43. The summed E-state index contributed by atoms with van der Waals surface area (Å²) in [5, 5.41) is 0. The van der Waals surface area contributed by atoms with Gasteiger partial charge in [0, 0.05) is 0 Å². The largest absolute Gasteiger partial charge is 0.103 e. The predicted molar refractivity (Wildman–Crippen MR) is 71.6 cm³/mol. The van der Waals surface area contributed by atoms with Crippen molar-refractivity contribution < 1.29 is 0 Å². The summed E-state index contributed by atoms with van der Waals surface area (Å²) < 4.78 is 0. The van der Waals surface area contributed by atoms with Crippen molar-refractivity contribution in [2.24, 2.45) is 0 Å².